The maximum absolute atomic E-state index is 14.8. The molecule has 0 heterocycles. The van der Waals surface area contributed by atoms with Gasteiger partial charge in [-0.05, 0) is 60.2 Å². The summed E-state index contributed by atoms with van der Waals surface area (Å²) < 4.78 is 132. The molecule has 0 bridgehead atoms. The van der Waals surface area contributed by atoms with Crippen molar-refractivity contribution < 1.29 is 54.1 Å². The number of halogens is 9. The van der Waals surface area contributed by atoms with Crippen LogP contribution in [0.25, 0.3) is 0 Å². The molecule has 13 heteroatoms. The number of hydrogen-bond acceptors (Lipinski definition) is 4. The molecule has 4 nitrogen and oxygen atoms in total. The molecule has 222 valence electrons. The standard InChI is InChI=1S/C28H24F9NO3/c29-19-10-18(11-21(13-19)41-28(36,37)25(31)32)26(14-16-4-2-1-3-5-16,38-15-24(39)27(33,34)35)17-6-9-22(30)23(12-17)40-20-7-8-20/h1-6,9-13,20,24-25,38-39H,7-8,14-15H2/t24-,26+/m0/s1. The van der Waals surface area contributed by atoms with Crippen LogP contribution in [0.1, 0.15) is 29.5 Å². The van der Waals surface area contributed by atoms with Crippen molar-refractivity contribution in [2.24, 2.45) is 0 Å². The quantitative estimate of drug-likeness (QED) is 0.229. The van der Waals surface area contributed by atoms with Gasteiger partial charge in [-0.15, -0.1) is 0 Å². The normalized spacial score (nSPS) is 16.4. The lowest BCUT2D eigenvalue weighted by molar-refractivity contribution is -0.253. The van der Waals surface area contributed by atoms with Crippen molar-refractivity contribution in [3.8, 4) is 11.5 Å². The summed E-state index contributed by atoms with van der Waals surface area (Å²) in [4.78, 5) is 0. The predicted molar refractivity (Wildman–Crippen MR) is 129 cm³/mol. The molecule has 0 saturated heterocycles. The van der Waals surface area contributed by atoms with Gasteiger partial charge in [0.25, 0.3) is 0 Å². The van der Waals surface area contributed by atoms with E-state index in [2.05, 4.69) is 10.1 Å². The molecule has 2 atom stereocenters. The highest BCUT2D eigenvalue weighted by molar-refractivity contribution is 5.47. The minimum absolute atomic E-state index is 0.00458. The first-order valence-corrected chi connectivity index (χ1v) is 12.4. The van der Waals surface area contributed by atoms with Crippen LogP contribution in [0.5, 0.6) is 11.5 Å². The molecule has 1 saturated carbocycles. The highest BCUT2D eigenvalue weighted by atomic mass is 19.4. The summed E-state index contributed by atoms with van der Waals surface area (Å²) >= 11 is 0. The molecule has 0 aliphatic heterocycles. The summed E-state index contributed by atoms with van der Waals surface area (Å²) in [6.45, 7) is -1.17. The van der Waals surface area contributed by atoms with E-state index in [0.717, 1.165) is 18.2 Å². The van der Waals surface area contributed by atoms with Gasteiger partial charge in [0.15, 0.2) is 17.7 Å². The minimum Gasteiger partial charge on any atom is -0.487 e. The molecule has 3 aromatic rings. The van der Waals surface area contributed by atoms with Crippen molar-refractivity contribution in [2.75, 3.05) is 6.54 Å². The van der Waals surface area contributed by atoms with Crippen molar-refractivity contribution in [3.63, 3.8) is 0 Å². The van der Waals surface area contributed by atoms with Crippen LogP contribution in [0.4, 0.5) is 39.5 Å². The largest absolute Gasteiger partial charge is 0.487 e. The first-order valence-electron chi connectivity index (χ1n) is 12.4. The number of benzene rings is 3. The SMILES string of the molecule is O[C@@H](CN[C@@](Cc1ccccc1)(c1cc(F)cc(OC(F)(F)C(F)F)c1)c1ccc(F)c(OC2CC2)c1)C(F)(F)F. The molecular formula is C28H24F9NO3. The van der Waals surface area contributed by atoms with Crippen LogP contribution in [0.2, 0.25) is 0 Å². The third kappa shape index (κ3) is 7.45. The number of ether oxygens (including phenoxy) is 2. The van der Waals surface area contributed by atoms with Crippen LogP contribution in [-0.4, -0.2) is 42.6 Å². The first kappa shape index (κ1) is 30.5. The third-order valence-electron chi connectivity index (χ3n) is 6.40. The molecule has 0 amide bonds. The minimum atomic E-state index is -5.08. The van der Waals surface area contributed by atoms with Crippen molar-refractivity contribution in [3.05, 3.63) is 95.1 Å². The van der Waals surface area contributed by atoms with E-state index in [4.69, 9.17) is 4.74 Å². The molecule has 0 unspecified atom stereocenters. The number of rotatable bonds is 12. The lowest BCUT2D eigenvalue weighted by atomic mass is 9.77. The van der Waals surface area contributed by atoms with Crippen LogP contribution in [-0.2, 0) is 12.0 Å². The van der Waals surface area contributed by atoms with Gasteiger partial charge in [-0.3, -0.25) is 0 Å². The highest BCUT2D eigenvalue weighted by Crippen LogP contribution is 2.40. The van der Waals surface area contributed by atoms with Gasteiger partial charge in [-0.1, -0.05) is 36.4 Å². The fourth-order valence-corrected chi connectivity index (χ4v) is 4.22. The molecule has 0 radical (unpaired) electrons. The van der Waals surface area contributed by atoms with Gasteiger partial charge in [0.05, 0.1) is 11.6 Å². The van der Waals surface area contributed by atoms with E-state index in [-0.39, 0.29) is 29.4 Å². The molecular weight excluding hydrogens is 569 g/mol. The van der Waals surface area contributed by atoms with E-state index in [9.17, 15) is 44.6 Å². The molecule has 0 spiro atoms. The summed E-state index contributed by atoms with van der Waals surface area (Å²) in [5, 5.41) is 12.4. The Morgan fingerprint density at radius 1 is 0.878 bits per heavy atom. The Morgan fingerprint density at radius 3 is 2.17 bits per heavy atom. The van der Waals surface area contributed by atoms with E-state index < -0.39 is 54.3 Å². The number of hydrogen-bond donors (Lipinski definition) is 2. The van der Waals surface area contributed by atoms with Crippen LogP contribution in [0, 0.1) is 11.6 Å². The second-order valence-electron chi connectivity index (χ2n) is 9.61. The fourth-order valence-electron chi connectivity index (χ4n) is 4.22. The van der Waals surface area contributed by atoms with Crippen molar-refractivity contribution >= 4 is 0 Å². The van der Waals surface area contributed by atoms with Gasteiger partial charge < -0.3 is 19.9 Å². The third-order valence-corrected chi connectivity index (χ3v) is 6.40. The molecule has 3 aromatic carbocycles. The summed E-state index contributed by atoms with van der Waals surface area (Å²) in [6, 6.07) is 13.3. The Bertz CT molecular complexity index is 1330. The molecule has 1 aliphatic carbocycles. The second kappa shape index (κ2) is 11.8. The van der Waals surface area contributed by atoms with E-state index in [1.807, 2.05) is 0 Å². The Labute approximate surface area is 228 Å². The lowest BCUT2D eigenvalue weighted by Gasteiger charge is -2.38. The smallest absolute Gasteiger partial charge is 0.461 e. The second-order valence-corrected chi connectivity index (χ2v) is 9.61. The average Bonchev–Trinajstić information content (AvgIpc) is 3.71. The molecule has 2 N–H and O–H groups in total. The molecule has 4 rings (SSSR count). The Morgan fingerprint density at radius 2 is 1.56 bits per heavy atom. The topological polar surface area (TPSA) is 50.7 Å². The zero-order chi connectivity index (χ0) is 30.0. The predicted octanol–water partition coefficient (Wildman–Crippen LogP) is 6.74. The van der Waals surface area contributed by atoms with Gasteiger partial charge in [0, 0.05) is 12.6 Å². The van der Waals surface area contributed by atoms with Crippen molar-refractivity contribution in [2.45, 2.75) is 55.7 Å². The molecule has 0 aromatic heterocycles. The summed E-state index contributed by atoms with van der Waals surface area (Å²) in [5.74, 6) is -3.35. The number of alkyl halides is 7. The Hall–Kier alpha value is -3.45. The van der Waals surface area contributed by atoms with Gasteiger partial charge >= 0.3 is 18.7 Å². The van der Waals surface area contributed by atoms with Crippen LogP contribution < -0.4 is 14.8 Å². The van der Waals surface area contributed by atoms with E-state index in [1.165, 1.54) is 12.1 Å². The monoisotopic (exact) mass is 593 g/mol. The van der Waals surface area contributed by atoms with Crippen LogP contribution in [0.15, 0.2) is 66.7 Å². The average molecular weight is 593 g/mol. The fraction of sp³-hybridized carbons (Fsp3) is 0.357. The van der Waals surface area contributed by atoms with Crippen LogP contribution in [0.3, 0.4) is 0 Å². The number of aliphatic hydroxyl groups is 1. The summed E-state index contributed by atoms with van der Waals surface area (Å²) in [7, 11) is 0. The van der Waals surface area contributed by atoms with Crippen molar-refractivity contribution in [1.82, 2.24) is 5.32 Å². The van der Waals surface area contributed by atoms with Gasteiger partial charge in [-0.25, -0.2) is 8.78 Å². The number of nitrogens with one attached hydrogen (secondary N) is 1. The zero-order valence-corrected chi connectivity index (χ0v) is 21.1. The maximum atomic E-state index is 14.8. The highest BCUT2D eigenvalue weighted by Gasteiger charge is 2.45. The molecule has 41 heavy (non-hydrogen) atoms. The lowest BCUT2D eigenvalue weighted by Crippen LogP contribution is -2.51. The first-order chi connectivity index (χ1) is 19.2. The van der Waals surface area contributed by atoms with Crippen LogP contribution >= 0.6 is 0 Å². The zero-order valence-electron chi connectivity index (χ0n) is 21.1. The Kier molecular flexibility index (Phi) is 8.78. The van der Waals surface area contributed by atoms with E-state index >= 15 is 0 Å². The van der Waals surface area contributed by atoms with E-state index in [1.54, 1.807) is 30.3 Å². The number of aliphatic hydroxyl groups excluding tert-OH is 1. The maximum Gasteiger partial charge on any atom is 0.461 e. The molecule has 1 fully saturated rings. The molecule has 1 aliphatic rings. The Balaban J connectivity index is 1.92. The van der Waals surface area contributed by atoms with Gasteiger partial charge in [0.1, 0.15) is 11.6 Å². The summed E-state index contributed by atoms with van der Waals surface area (Å²) in [6.07, 6.45) is -16.6. The van der Waals surface area contributed by atoms with Gasteiger partial charge in [0.2, 0.25) is 0 Å². The van der Waals surface area contributed by atoms with E-state index in [0.29, 0.717) is 24.5 Å². The van der Waals surface area contributed by atoms with Crippen molar-refractivity contribution in [1.29, 1.82) is 0 Å². The van der Waals surface area contributed by atoms with Gasteiger partial charge in [-0.2, -0.15) is 30.7 Å². The summed E-state index contributed by atoms with van der Waals surface area (Å²) in [5.41, 5.74) is -1.87.